The van der Waals surface area contributed by atoms with E-state index in [0.717, 1.165) is 43.3 Å². The molecule has 2 atom stereocenters. The van der Waals surface area contributed by atoms with Crippen molar-refractivity contribution in [3.63, 3.8) is 0 Å². The molecular weight excluding hydrogens is 469 g/mol. The van der Waals surface area contributed by atoms with Crippen LogP contribution in [0.15, 0.2) is 18.2 Å². The van der Waals surface area contributed by atoms with Gasteiger partial charge in [-0.05, 0) is 62.1 Å². The van der Waals surface area contributed by atoms with E-state index in [9.17, 15) is 14.0 Å². The molecule has 1 aromatic carbocycles. The standard InChI is InChI=1S/C26H33ClFN5O2/c1-14(2)8-16-9-17(10-16)24-30-31-25(33(24)19-5-6-19)20-12-32(15(3)34)13-21(20)26(35)29-23-7-4-18(27)11-22(23)28/h4,7,11,14,16-17,19-21H,5-6,8-10,12-13H2,1-3H3,(H,29,35)/t16-,17+,20-,21-/m0/s1. The molecule has 1 aliphatic heterocycles. The number of carbonyl (C=O) groups is 2. The Morgan fingerprint density at radius 3 is 2.51 bits per heavy atom. The summed E-state index contributed by atoms with van der Waals surface area (Å²) in [7, 11) is 0. The molecule has 7 nitrogen and oxygen atoms in total. The fourth-order valence-corrected chi connectivity index (χ4v) is 5.92. The van der Waals surface area contributed by atoms with Crippen molar-refractivity contribution >= 4 is 29.1 Å². The van der Waals surface area contributed by atoms with Crippen LogP contribution in [0.3, 0.4) is 0 Å². The SMILES string of the molecule is CC(=O)N1C[C@H](C(=O)Nc2ccc(Cl)cc2F)[C@@H](c2nnc([C@H]3C[C@@H](CC(C)C)C3)n2C2CC2)C1. The Morgan fingerprint density at radius 1 is 1.17 bits per heavy atom. The third-order valence-electron chi connectivity index (χ3n) is 7.69. The maximum Gasteiger partial charge on any atom is 0.230 e. The second-order valence-electron chi connectivity index (χ2n) is 10.9. The number of nitrogens with zero attached hydrogens (tertiary/aromatic N) is 4. The van der Waals surface area contributed by atoms with Gasteiger partial charge in [0.15, 0.2) is 0 Å². The molecule has 2 aromatic rings. The maximum atomic E-state index is 14.4. The average molecular weight is 502 g/mol. The summed E-state index contributed by atoms with van der Waals surface area (Å²) in [5, 5.41) is 12.2. The average Bonchev–Trinajstić information content (AvgIpc) is 3.35. The van der Waals surface area contributed by atoms with Crippen molar-refractivity contribution in [1.82, 2.24) is 19.7 Å². The highest BCUT2D eigenvalue weighted by molar-refractivity contribution is 6.30. The van der Waals surface area contributed by atoms with Gasteiger partial charge < -0.3 is 14.8 Å². The zero-order chi connectivity index (χ0) is 24.9. The Balaban J connectivity index is 1.40. The van der Waals surface area contributed by atoms with Crippen LogP contribution in [-0.4, -0.2) is 44.6 Å². The fourth-order valence-electron chi connectivity index (χ4n) is 5.76. The number of hydrogen-bond acceptors (Lipinski definition) is 4. The molecular formula is C26H33ClFN5O2. The molecule has 2 heterocycles. The topological polar surface area (TPSA) is 80.1 Å². The number of amides is 2. The first-order valence-electron chi connectivity index (χ1n) is 12.7. The number of rotatable bonds is 7. The lowest BCUT2D eigenvalue weighted by Crippen LogP contribution is -2.31. The zero-order valence-corrected chi connectivity index (χ0v) is 21.3. The third-order valence-corrected chi connectivity index (χ3v) is 7.92. The van der Waals surface area contributed by atoms with E-state index in [1.807, 2.05) is 0 Å². The Bertz CT molecular complexity index is 1120. The Hall–Kier alpha value is -2.48. The molecule has 3 fully saturated rings. The Morgan fingerprint density at radius 2 is 1.89 bits per heavy atom. The van der Waals surface area contributed by atoms with Crippen molar-refractivity contribution in [3.8, 4) is 0 Å². The highest BCUT2D eigenvalue weighted by atomic mass is 35.5. The van der Waals surface area contributed by atoms with Crippen LogP contribution in [0.2, 0.25) is 5.02 Å². The molecule has 1 saturated heterocycles. The van der Waals surface area contributed by atoms with Gasteiger partial charge in [0.25, 0.3) is 0 Å². The van der Waals surface area contributed by atoms with Gasteiger partial charge in [-0.1, -0.05) is 25.4 Å². The molecule has 9 heteroatoms. The summed E-state index contributed by atoms with van der Waals surface area (Å²) in [5.74, 6) is 1.82. The molecule has 188 valence electrons. The van der Waals surface area contributed by atoms with E-state index < -0.39 is 11.7 Å². The first-order valence-corrected chi connectivity index (χ1v) is 13.0. The van der Waals surface area contributed by atoms with Crippen LogP contribution in [0.5, 0.6) is 0 Å². The van der Waals surface area contributed by atoms with E-state index in [-0.39, 0.29) is 35.0 Å². The monoisotopic (exact) mass is 501 g/mol. The van der Waals surface area contributed by atoms with Crippen LogP contribution < -0.4 is 5.32 Å². The van der Waals surface area contributed by atoms with Crippen molar-refractivity contribution < 1.29 is 14.0 Å². The Kier molecular flexibility index (Phi) is 6.59. The maximum absolute atomic E-state index is 14.4. The molecule has 0 spiro atoms. The minimum atomic E-state index is -0.590. The van der Waals surface area contributed by atoms with E-state index in [4.69, 9.17) is 11.6 Å². The molecule has 5 rings (SSSR count). The molecule has 0 unspecified atom stereocenters. The number of likely N-dealkylation sites (tertiary alicyclic amines) is 1. The van der Waals surface area contributed by atoms with E-state index in [1.54, 1.807) is 4.90 Å². The molecule has 2 amide bonds. The largest absolute Gasteiger partial charge is 0.341 e. The van der Waals surface area contributed by atoms with Crippen LogP contribution in [0.4, 0.5) is 10.1 Å². The summed E-state index contributed by atoms with van der Waals surface area (Å²) in [4.78, 5) is 27.3. The van der Waals surface area contributed by atoms with Crippen LogP contribution in [-0.2, 0) is 9.59 Å². The van der Waals surface area contributed by atoms with Crippen LogP contribution >= 0.6 is 11.6 Å². The van der Waals surface area contributed by atoms with E-state index in [1.165, 1.54) is 31.5 Å². The van der Waals surface area contributed by atoms with Gasteiger partial charge in [0.2, 0.25) is 11.8 Å². The van der Waals surface area contributed by atoms with Crippen molar-refractivity contribution in [2.75, 3.05) is 18.4 Å². The predicted molar refractivity (Wildman–Crippen MR) is 132 cm³/mol. The number of benzene rings is 1. The molecule has 3 aliphatic rings. The van der Waals surface area contributed by atoms with Gasteiger partial charge in [0, 0.05) is 37.0 Å². The number of nitrogens with one attached hydrogen (secondary N) is 1. The van der Waals surface area contributed by atoms with Gasteiger partial charge in [-0.25, -0.2) is 4.39 Å². The molecule has 2 aliphatic carbocycles. The normalized spacial score (nSPS) is 26.2. The first-order chi connectivity index (χ1) is 16.7. The summed E-state index contributed by atoms with van der Waals surface area (Å²) in [6, 6.07) is 4.53. The summed E-state index contributed by atoms with van der Waals surface area (Å²) in [6.45, 7) is 6.71. The Labute approximate surface area is 210 Å². The van der Waals surface area contributed by atoms with Gasteiger partial charge >= 0.3 is 0 Å². The molecule has 0 radical (unpaired) electrons. The van der Waals surface area contributed by atoms with Gasteiger partial charge in [-0.2, -0.15) is 0 Å². The van der Waals surface area contributed by atoms with Crippen molar-refractivity contribution in [3.05, 3.63) is 40.7 Å². The summed E-state index contributed by atoms with van der Waals surface area (Å²) < 4.78 is 16.6. The summed E-state index contributed by atoms with van der Waals surface area (Å²) in [5.41, 5.74) is 0.0782. The predicted octanol–water partition coefficient (Wildman–Crippen LogP) is 5.15. The number of hydrogen-bond donors (Lipinski definition) is 1. The van der Waals surface area contributed by atoms with Crippen LogP contribution in [0.25, 0.3) is 0 Å². The van der Waals surface area contributed by atoms with Gasteiger partial charge in [0.05, 0.1) is 17.5 Å². The van der Waals surface area contributed by atoms with Gasteiger partial charge in [0.1, 0.15) is 17.5 Å². The van der Waals surface area contributed by atoms with E-state index in [2.05, 4.69) is 33.9 Å². The van der Waals surface area contributed by atoms with E-state index >= 15 is 0 Å². The smallest absolute Gasteiger partial charge is 0.230 e. The van der Waals surface area contributed by atoms with Gasteiger partial charge in [-0.15, -0.1) is 10.2 Å². The number of anilines is 1. The lowest BCUT2D eigenvalue weighted by molar-refractivity contribution is -0.128. The quantitative estimate of drug-likeness (QED) is 0.569. The summed E-state index contributed by atoms with van der Waals surface area (Å²) >= 11 is 5.85. The third kappa shape index (κ3) is 4.95. The zero-order valence-electron chi connectivity index (χ0n) is 20.5. The van der Waals surface area contributed by atoms with E-state index in [0.29, 0.717) is 24.4 Å². The lowest BCUT2D eigenvalue weighted by atomic mass is 9.71. The molecule has 1 N–H and O–H groups in total. The minimum Gasteiger partial charge on any atom is -0.341 e. The molecule has 1 aromatic heterocycles. The van der Waals surface area contributed by atoms with Crippen molar-refractivity contribution in [1.29, 1.82) is 0 Å². The van der Waals surface area contributed by atoms with Crippen LogP contribution in [0.1, 0.15) is 82.4 Å². The fraction of sp³-hybridized carbons (Fsp3) is 0.615. The van der Waals surface area contributed by atoms with Crippen LogP contribution in [0, 0.1) is 23.6 Å². The second-order valence-corrected chi connectivity index (χ2v) is 11.4. The number of carbonyl (C=O) groups excluding carboxylic acids is 2. The second kappa shape index (κ2) is 9.52. The van der Waals surface area contributed by atoms with Gasteiger partial charge in [-0.3, -0.25) is 9.59 Å². The number of aromatic nitrogens is 3. The molecule has 0 bridgehead atoms. The van der Waals surface area contributed by atoms with Crippen molar-refractivity contribution in [2.45, 2.75) is 70.8 Å². The number of halogens is 2. The highest BCUT2D eigenvalue weighted by Gasteiger charge is 2.46. The summed E-state index contributed by atoms with van der Waals surface area (Å²) in [6.07, 6.45) is 5.66. The highest BCUT2D eigenvalue weighted by Crippen LogP contribution is 2.48. The van der Waals surface area contributed by atoms with Crippen molar-refractivity contribution in [2.24, 2.45) is 17.8 Å². The minimum absolute atomic E-state index is 0.0782. The molecule has 2 saturated carbocycles. The molecule has 35 heavy (non-hydrogen) atoms. The first kappa shape index (κ1) is 24.2. The lowest BCUT2D eigenvalue weighted by Gasteiger charge is -2.36.